The van der Waals surface area contributed by atoms with Crippen LogP contribution in [-0.4, -0.2) is 42.1 Å². The lowest BCUT2D eigenvalue weighted by molar-refractivity contribution is -0.130. The quantitative estimate of drug-likeness (QED) is 0.661. The van der Waals surface area contributed by atoms with Crippen LogP contribution in [0.5, 0.6) is 0 Å². The average molecular weight is 285 g/mol. The maximum absolute atomic E-state index is 11.6. The lowest BCUT2D eigenvalue weighted by atomic mass is 9.94. The Kier molecular flexibility index (Phi) is 4.36. The number of rotatable bonds is 5. The standard InChI is InChI=1S/C17H23N3O/c1-14-5-2-3-6-15(14)9-12-19(13-21)17-16-7-4-11-20(17)18-10-8-16/h2-7,13,16-18H,8-12H2,1H3. The van der Waals surface area contributed by atoms with Crippen LogP contribution in [0.1, 0.15) is 17.5 Å². The first-order valence-electron chi connectivity index (χ1n) is 7.72. The molecule has 1 N–H and O–H groups in total. The molecule has 3 rings (SSSR count). The molecular weight excluding hydrogens is 262 g/mol. The number of hydrazine groups is 1. The zero-order valence-electron chi connectivity index (χ0n) is 12.5. The molecule has 3 unspecified atom stereocenters. The first kappa shape index (κ1) is 14.3. The Morgan fingerprint density at radius 2 is 2.29 bits per heavy atom. The number of aryl methyl sites for hydroxylation is 1. The van der Waals surface area contributed by atoms with Crippen molar-refractivity contribution in [3.63, 3.8) is 0 Å². The molecule has 0 spiro atoms. The van der Waals surface area contributed by atoms with Crippen molar-refractivity contribution in [3.8, 4) is 0 Å². The summed E-state index contributed by atoms with van der Waals surface area (Å²) in [6, 6.07) is 8.40. The van der Waals surface area contributed by atoms with Crippen molar-refractivity contribution >= 4 is 6.41 Å². The highest BCUT2D eigenvalue weighted by molar-refractivity contribution is 5.48. The number of hydrogen-bond donors (Lipinski definition) is 1. The Bertz CT molecular complexity index is 529. The van der Waals surface area contributed by atoms with Gasteiger partial charge in [0.05, 0.1) is 0 Å². The summed E-state index contributed by atoms with van der Waals surface area (Å²) in [6.45, 7) is 4.76. The smallest absolute Gasteiger partial charge is 0.211 e. The van der Waals surface area contributed by atoms with E-state index in [1.807, 2.05) is 4.90 Å². The van der Waals surface area contributed by atoms with E-state index in [2.05, 4.69) is 53.8 Å². The van der Waals surface area contributed by atoms with Crippen molar-refractivity contribution in [1.82, 2.24) is 15.3 Å². The number of nitrogens with one attached hydrogen (secondary N) is 1. The molecule has 21 heavy (non-hydrogen) atoms. The number of hydrogen-bond acceptors (Lipinski definition) is 3. The van der Waals surface area contributed by atoms with Crippen LogP contribution in [0.2, 0.25) is 0 Å². The fraction of sp³-hybridized carbons (Fsp3) is 0.471. The third kappa shape index (κ3) is 3.01. The number of nitrogens with zero attached hydrogens (tertiary/aromatic N) is 2. The van der Waals surface area contributed by atoms with Crippen molar-refractivity contribution in [1.29, 1.82) is 0 Å². The molecule has 112 valence electrons. The maximum atomic E-state index is 11.6. The lowest BCUT2D eigenvalue weighted by Crippen LogP contribution is -2.62. The van der Waals surface area contributed by atoms with Gasteiger partial charge in [0.25, 0.3) is 0 Å². The van der Waals surface area contributed by atoms with Gasteiger partial charge < -0.3 is 4.90 Å². The van der Waals surface area contributed by atoms with Gasteiger partial charge in [-0.2, -0.15) is 0 Å². The molecule has 0 aromatic heterocycles. The predicted molar refractivity (Wildman–Crippen MR) is 83.4 cm³/mol. The van der Waals surface area contributed by atoms with Crippen molar-refractivity contribution in [2.75, 3.05) is 19.6 Å². The largest absolute Gasteiger partial charge is 0.327 e. The Morgan fingerprint density at radius 1 is 1.43 bits per heavy atom. The average Bonchev–Trinajstić information content (AvgIpc) is 2.49. The third-order valence-electron chi connectivity index (χ3n) is 4.56. The molecule has 1 saturated heterocycles. The summed E-state index contributed by atoms with van der Waals surface area (Å²) in [5.74, 6) is 0.446. The SMILES string of the molecule is Cc1ccccc1CCN(C=O)C1C2C=CCN1NCC2. The second-order valence-electron chi connectivity index (χ2n) is 5.87. The number of carbonyl (C=O) groups excluding carboxylic acids is 1. The van der Waals surface area contributed by atoms with E-state index in [-0.39, 0.29) is 6.17 Å². The first-order valence-corrected chi connectivity index (χ1v) is 7.72. The number of amides is 1. The van der Waals surface area contributed by atoms with Crippen LogP contribution >= 0.6 is 0 Å². The highest BCUT2D eigenvalue weighted by atomic mass is 16.1. The number of benzene rings is 1. The second-order valence-corrected chi connectivity index (χ2v) is 5.87. The van der Waals surface area contributed by atoms with Gasteiger partial charge in [0.15, 0.2) is 0 Å². The van der Waals surface area contributed by atoms with E-state index >= 15 is 0 Å². The van der Waals surface area contributed by atoms with Crippen LogP contribution in [-0.2, 0) is 11.2 Å². The summed E-state index contributed by atoms with van der Waals surface area (Å²) < 4.78 is 0. The Balaban J connectivity index is 1.69. The molecule has 4 heteroatoms. The Labute approximate surface area is 126 Å². The normalized spacial score (nSPS) is 27.4. The Morgan fingerprint density at radius 3 is 3.05 bits per heavy atom. The van der Waals surface area contributed by atoms with Crippen molar-refractivity contribution in [2.45, 2.75) is 25.9 Å². The maximum Gasteiger partial charge on any atom is 0.211 e. The summed E-state index contributed by atoms with van der Waals surface area (Å²) >= 11 is 0. The van der Waals surface area contributed by atoms with Crippen LogP contribution in [0.3, 0.4) is 0 Å². The van der Waals surface area contributed by atoms with Crippen LogP contribution in [0.15, 0.2) is 36.4 Å². The van der Waals surface area contributed by atoms with Gasteiger partial charge in [-0.15, -0.1) is 0 Å². The number of carbonyl (C=O) groups is 1. The van der Waals surface area contributed by atoms with Crippen molar-refractivity contribution < 1.29 is 4.79 Å². The van der Waals surface area contributed by atoms with Gasteiger partial charge in [-0.1, -0.05) is 36.4 Å². The zero-order valence-corrected chi connectivity index (χ0v) is 12.5. The van der Waals surface area contributed by atoms with Gasteiger partial charge in [-0.3, -0.25) is 10.2 Å². The molecule has 0 aliphatic carbocycles. The number of fused-ring (bicyclic) bond motifs is 2. The molecule has 0 saturated carbocycles. The Hall–Kier alpha value is -1.65. The van der Waals surface area contributed by atoms with Gasteiger partial charge in [0.1, 0.15) is 6.17 Å². The van der Waals surface area contributed by atoms with E-state index in [4.69, 9.17) is 0 Å². The summed E-state index contributed by atoms with van der Waals surface area (Å²) in [5, 5.41) is 2.19. The van der Waals surface area contributed by atoms with Gasteiger partial charge in [0.2, 0.25) is 6.41 Å². The molecule has 1 amide bonds. The lowest BCUT2D eigenvalue weighted by Gasteiger charge is -2.47. The third-order valence-corrected chi connectivity index (χ3v) is 4.56. The summed E-state index contributed by atoms with van der Waals surface area (Å²) in [4.78, 5) is 13.5. The highest BCUT2D eigenvalue weighted by Gasteiger charge is 2.35. The van der Waals surface area contributed by atoms with Crippen LogP contribution < -0.4 is 5.43 Å². The fourth-order valence-electron chi connectivity index (χ4n) is 3.38. The van der Waals surface area contributed by atoms with Gasteiger partial charge >= 0.3 is 0 Å². The molecular formula is C17H23N3O. The highest BCUT2D eigenvalue weighted by Crippen LogP contribution is 2.26. The van der Waals surface area contributed by atoms with E-state index in [0.29, 0.717) is 5.92 Å². The minimum atomic E-state index is 0.158. The van der Waals surface area contributed by atoms with Crippen LogP contribution in [0.4, 0.5) is 0 Å². The van der Waals surface area contributed by atoms with Gasteiger partial charge in [0, 0.05) is 25.6 Å². The van der Waals surface area contributed by atoms with E-state index in [1.165, 1.54) is 11.1 Å². The van der Waals surface area contributed by atoms with Crippen molar-refractivity contribution in [3.05, 3.63) is 47.5 Å². The summed E-state index contributed by atoms with van der Waals surface area (Å²) in [6.07, 6.45) is 7.63. The fourth-order valence-corrected chi connectivity index (χ4v) is 3.38. The molecule has 2 aliphatic rings. The topological polar surface area (TPSA) is 35.6 Å². The molecule has 2 aliphatic heterocycles. The van der Waals surface area contributed by atoms with E-state index in [9.17, 15) is 4.79 Å². The molecule has 1 aromatic carbocycles. The summed E-state index contributed by atoms with van der Waals surface area (Å²) in [7, 11) is 0. The van der Waals surface area contributed by atoms with Crippen LogP contribution in [0, 0.1) is 12.8 Å². The molecule has 2 bridgehead atoms. The molecule has 2 heterocycles. The van der Waals surface area contributed by atoms with E-state index in [1.54, 1.807) is 0 Å². The van der Waals surface area contributed by atoms with Crippen molar-refractivity contribution in [2.24, 2.45) is 5.92 Å². The van der Waals surface area contributed by atoms with Crippen LogP contribution in [0.25, 0.3) is 0 Å². The molecule has 0 radical (unpaired) electrons. The van der Waals surface area contributed by atoms with Gasteiger partial charge in [-0.05, 0) is 30.9 Å². The summed E-state index contributed by atoms with van der Waals surface area (Å²) in [5.41, 5.74) is 6.03. The van der Waals surface area contributed by atoms with Gasteiger partial charge in [-0.25, -0.2) is 5.01 Å². The minimum Gasteiger partial charge on any atom is -0.327 e. The van der Waals surface area contributed by atoms with E-state index in [0.717, 1.165) is 38.9 Å². The molecule has 4 nitrogen and oxygen atoms in total. The second kappa shape index (κ2) is 6.41. The monoisotopic (exact) mass is 285 g/mol. The first-order chi connectivity index (χ1) is 10.3. The zero-order chi connectivity index (χ0) is 14.7. The molecule has 1 fully saturated rings. The van der Waals surface area contributed by atoms with E-state index < -0.39 is 0 Å². The predicted octanol–water partition coefficient (Wildman–Crippen LogP) is 1.72. The minimum absolute atomic E-state index is 0.158. The molecule has 1 aromatic rings. The molecule has 3 atom stereocenters.